The molecule has 17 heavy (non-hydrogen) atoms. The molecule has 0 saturated carbocycles. The fraction of sp³-hybridized carbons (Fsp3) is 0.250. The second kappa shape index (κ2) is 5.14. The number of hydrogen-bond acceptors (Lipinski definition) is 4. The Balaban J connectivity index is 2.04. The Labute approximate surface area is 104 Å². The highest BCUT2D eigenvalue weighted by molar-refractivity contribution is 7.99. The second-order valence-electron chi connectivity index (χ2n) is 3.75. The number of benzene rings is 1. The average Bonchev–Trinajstić information content (AvgIpc) is 2.72. The molecule has 0 aliphatic heterocycles. The highest BCUT2D eigenvalue weighted by Crippen LogP contribution is 2.17. The monoisotopic (exact) mass is 247 g/mol. The van der Waals surface area contributed by atoms with Gasteiger partial charge in [0.05, 0.1) is 5.75 Å². The van der Waals surface area contributed by atoms with Gasteiger partial charge < -0.3 is 4.57 Å². The standard InChI is InChI=1S/C12H13N3OS/c1-9-5-3-4-6-10(9)11(16)7-17-12-14-13-8-15(12)2/h3-6,8H,7H2,1-2H3. The highest BCUT2D eigenvalue weighted by atomic mass is 32.2. The first kappa shape index (κ1) is 11.9. The molecule has 0 N–H and O–H groups in total. The molecule has 0 atom stereocenters. The topological polar surface area (TPSA) is 47.8 Å². The fourth-order valence-corrected chi connectivity index (χ4v) is 2.27. The summed E-state index contributed by atoms with van der Waals surface area (Å²) in [4.78, 5) is 12.0. The van der Waals surface area contributed by atoms with Crippen LogP contribution in [0.3, 0.4) is 0 Å². The van der Waals surface area contributed by atoms with Crippen molar-refractivity contribution in [2.45, 2.75) is 12.1 Å². The first-order chi connectivity index (χ1) is 8.18. The van der Waals surface area contributed by atoms with Gasteiger partial charge >= 0.3 is 0 Å². The first-order valence-corrected chi connectivity index (χ1v) is 6.22. The molecule has 0 aliphatic carbocycles. The third kappa shape index (κ3) is 2.74. The molecule has 88 valence electrons. The summed E-state index contributed by atoms with van der Waals surface area (Å²) in [6.45, 7) is 1.94. The van der Waals surface area contributed by atoms with E-state index < -0.39 is 0 Å². The Kier molecular flexibility index (Phi) is 3.58. The predicted octanol–water partition coefficient (Wildman–Crippen LogP) is 2.10. The van der Waals surface area contributed by atoms with Crippen LogP contribution in [0.4, 0.5) is 0 Å². The number of Topliss-reactive ketones (excluding diaryl/α,β-unsaturated/α-hetero) is 1. The quantitative estimate of drug-likeness (QED) is 0.613. The third-order valence-electron chi connectivity index (χ3n) is 2.45. The summed E-state index contributed by atoms with van der Waals surface area (Å²) < 4.78 is 1.80. The maximum Gasteiger partial charge on any atom is 0.191 e. The molecule has 1 aromatic carbocycles. The van der Waals surface area contributed by atoms with Gasteiger partial charge in [-0.2, -0.15) is 0 Å². The molecule has 2 aromatic rings. The average molecular weight is 247 g/mol. The van der Waals surface area contributed by atoms with Crippen LogP contribution in [0.25, 0.3) is 0 Å². The fourth-order valence-electron chi connectivity index (χ4n) is 1.50. The number of rotatable bonds is 4. The lowest BCUT2D eigenvalue weighted by molar-refractivity contribution is 0.102. The van der Waals surface area contributed by atoms with E-state index in [1.54, 1.807) is 10.9 Å². The zero-order valence-corrected chi connectivity index (χ0v) is 10.6. The Hall–Kier alpha value is -1.62. The molecule has 0 saturated heterocycles. The lowest BCUT2D eigenvalue weighted by Gasteiger charge is -2.03. The molecule has 0 radical (unpaired) electrons. The van der Waals surface area contributed by atoms with Crippen molar-refractivity contribution >= 4 is 17.5 Å². The van der Waals surface area contributed by atoms with Crippen molar-refractivity contribution in [1.29, 1.82) is 0 Å². The SMILES string of the molecule is Cc1ccccc1C(=O)CSc1nncn1C. The number of aryl methyl sites for hydroxylation is 2. The van der Waals surface area contributed by atoms with Crippen molar-refractivity contribution in [2.75, 3.05) is 5.75 Å². The highest BCUT2D eigenvalue weighted by Gasteiger charge is 2.10. The van der Waals surface area contributed by atoms with Crippen LogP contribution in [-0.2, 0) is 7.05 Å². The molecule has 1 aromatic heterocycles. The molecule has 5 heteroatoms. The normalized spacial score (nSPS) is 10.5. The molecule has 0 bridgehead atoms. The van der Waals surface area contributed by atoms with E-state index in [4.69, 9.17) is 0 Å². The Morgan fingerprint density at radius 3 is 2.82 bits per heavy atom. The number of carbonyl (C=O) groups excluding carboxylic acids is 1. The van der Waals surface area contributed by atoms with Crippen LogP contribution >= 0.6 is 11.8 Å². The predicted molar refractivity (Wildman–Crippen MR) is 67.2 cm³/mol. The van der Waals surface area contributed by atoms with Crippen LogP contribution in [0.5, 0.6) is 0 Å². The van der Waals surface area contributed by atoms with Gasteiger partial charge in [-0.3, -0.25) is 4.79 Å². The van der Waals surface area contributed by atoms with E-state index in [-0.39, 0.29) is 5.78 Å². The third-order valence-corrected chi connectivity index (χ3v) is 3.48. The van der Waals surface area contributed by atoms with Crippen molar-refractivity contribution < 1.29 is 4.79 Å². The Bertz CT molecular complexity index is 536. The lowest BCUT2D eigenvalue weighted by atomic mass is 10.1. The summed E-state index contributed by atoms with van der Waals surface area (Å²) in [5, 5.41) is 8.45. The maximum atomic E-state index is 12.0. The molecule has 0 unspecified atom stereocenters. The molecule has 0 amide bonds. The van der Waals surface area contributed by atoms with Gasteiger partial charge in [-0.05, 0) is 12.5 Å². The molecular formula is C12H13N3OS. The number of carbonyl (C=O) groups is 1. The van der Waals surface area contributed by atoms with Gasteiger partial charge in [-0.1, -0.05) is 36.0 Å². The molecule has 0 fully saturated rings. The number of hydrogen-bond donors (Lipinski definition) is 0. The van der Waals surface area contributed by atoms with E-state index in [1.807, 2.05) is 38.2 Å². The van der Waals surface area contributed by atoms with Crippen LogP contribution in [0, 0.1) is 6.92 Å². The number of aromatic nitrogens is 3. The summed E-state index contributed by atoms with van der Waals surface area (Å²) in [6.07, 6.45) is 1.63. The summed E-state index contributed by atoms with van der Waals surface area (Å²) in [5.74, 6) is 0.508. The van der Waals surface area contributed by atoms with Gasteiger partial charge in [-0.25, -0.2) is 0 Å². The van der Waals surface area contributed by atoms with E-state index in [2.05, 4.69) is 10.2 Å². The number of nitrogens with zero attached hydrogens (tertiary/aromatic N) is 3. The first-order valence-electron chi connectivity index (χ1n) is 5.24. The second-order valence-corrected chi connectivity index (χ2v) is 4.69. The molecule has 2 rings (SSSR count). The van der Waals surface area contributed by atoms with Crippen molar-refractivity contribution in [3.05, 3.63) is 41.7 Å². The zero-order chi connectivity index (χ0) is 12.3. The Morgan fingerprint density at radius 1 is 1.41 bits per heavy atom. The van der Waals surface area contributed by atoms with Crippen molar-refractivity contribution in [3.63, 3.8) is 0 Å². The summed E-state index contributed by atoms with van der Waals surface area (Å²) in [5.41, 5.74) is 1.79. The molecule has 1 heterocycles. The van der Waals surface area contributed by atoms with E-state index in [1.165, 1.54) is 11.8 Å². The summed E-state index contributed by atoms with van der Waals surface area (Å²) >= 11 is 1.41. The minimum absolute atomic E-state index is 0.121. The van der Waals surface area contributed by atoms with E-state index >= 15 is 0 Å². The van der Waals surface area contributed by atoms with Crippen LogP contribution in [0.15, 0.2) is 35.7 Å². The van der Waals surface area contributed by atoms with E-state index in [0.717, 1.165) is 16.3 Å². The van der Waals surface area contributed by atoms with Gasteiger partial charge in [0, 0.05) is 12.6 Å². The molecule has 0 spiro atoms. The summed E-state index contributed by atoms with van der Waals surface area (Å²) in [7, 11) is 1.86. The largest absolute Gasteiger partial charge is 0.312 e. The summed E-state index contributed by atoms with van der Waals surface area (Å²) in [6, 6.07) is 7.62. The minimum atomic E-state index is 0.121. The molecule has 4 nitrogen and oxygen atoms in total. The van der Waals surface area contributed by atoms with Gasteiger partial charge in [0.1, 0.15) is 6.33 Å². The van der Waals surface area contributed by atoms with Gasteiger partial charge in [0.2, 0.25) is 0 Å². The lowest BCUT2D eigenvalue weighted by Crippen LogP contribution is -2.05. The number of thioether (sulfide) groups is 1. The van der Waals surface area contributed by atoms with Crippen LogP contribution in [0.2, 0.25) is 0 Å². The van der Waals surface area contributed by atoms with Crippen molar-refractivity contribution in [1.82, 2.24) is 14.8 Å². The van der Waals surface area contributed by atoms with Crippen LogP contribution < -0.4 is 0 Å². The Morgan fingerprint density at radius 2 is 2.18 bits per heavy atom. The van der Waals surface area contributed by atoms with Gasteiger partial charge in [0.15, 0.2) is 10.9 Å². The van der Waals surface area contributed by atoms with Crippen molar-refractivity contribution in [3.8, 4) is 0 Å². The number of ketones is 1. The minimum Gasteiger partial charge on any atom is -0.312 e. The van der Waals surface area contributed by atoms with Gasteiger partial charge in [-0.15, -0.1) is 10.2 Å². The molecular weight excluding hydrogens is 234 g/mol. The maximum absolute atomic E-state index is 12.0. The van der Waals surface area contributed by atoms with Crippen LogP contribution in [-0.4, -0.2) is 26.3 Å². The van der Waals surface area contributed by atoms with Crippen LogP contribution in [0.1, 0.15) is 15.9 Å². The zero-order valence-electron chi connectivity index (χ0n) is 9.75. The van der Waals surface area contributed by atoms with Crippen molar-refractivity contribution in [2.24, 2.45) is 7.05 Å². The van der Waals surface area contributed by atoms with E-state index in [0.29, 0.717) is 5.75 Å². The smallest absolute Gasteiger partial charge is 0.191 e. The van der Waals surface area contributed by atoms with Gasteiger partial charge in [0.25, 0.3) is 0 Å². The molecule has 0 aliphatic rings. The van der Waals surface area contributed by atoms with E-state index in [9.17, 15) is 4.79 Å².